The van der Waals surface area contributed by atoms with Gasteiger partial charge >= 0.3 is 12.1 Å². The van der Waals surface area contributed by atoms with Gasteiger partial charge in [0, 0.05) is 11.1 Å². The maximum atomic E-state index is 14.4. The lowest BCUT2D eigenvalue weighted by atomic mass is 9.99. The van der Waals surface area contributed by atoms with Gasteiger partial charge in [0.05, 0.1) is 32.4 Å². The van der Waals surface area contributed by atoms with Crippen LogP contribution in [0.2, 0.25) is 0 Å². The van der Waals surface area contributed by atoms with Crippen molar-refractivity contribution in [1.82, 2.24) is 4.98 Å². The van der Waals surface area contributed by atoms with Crippen LogP contribution < -0.4 is 9.47 Å². The van der Waals surface area contributed by atoms with Gasteiger partial charge in [0.15, 0.2) is 5.69 Å². The molecule has 2 unspecified atom stereocenters. The van der Waals surface area contributed by atoms with Crippen molar-refractivity contribution in [2.24, 2.45) is 5.92 Å². The molecule has 0 aliphatic rings. The lowest BCUT2D eigenvalue weighted by Crippen LogP contribution is -2.21. The van der Waals surface area contributed by atoms with E-state index in [-0.39, 0.29) is 22.8 Å². The maximum absolute atomic E-state index is 14.4. The number of carbonyl (C=O) groups excluding carboxylic acids is 1. The summed E-state index contributed by atoms with van der Waals surface area (Å²) < 4.78 is 72.2. The summed E-state index contributed by atoms with van der Waals surface area (Å²) >= 11 is 0. The van der Waals surface area contributed by atoms with Gasteiger partial charge in [-0.3, -0.25) is 4.79 Å². The predicted molar refractivity (Wildman–Crippen MR) is 128 cm³/mol. The van der Waals surface area contributed by atoms with Gasteiger partial charge < -0.3 is 19.3 Å². The Kier molecular flexibility index (Phi) is 8.75. The van der Waals surface area contributed by atoms with Gasteiger partial charge in [-0.25, -0.2) is 9.37 Å². The smallest absolute Gasteiger partial charge is 0.433 e. The first-order valence-corrected chi connectivity index (χ1v) is 11.3. The number of aryl methyl sites for hydroxylation is 1. The second-order valence-corrected chi connectivity index (χ2v) is 8.50. The van der Waals surface area contributed by atoms with Gasteiger partial charge in [-0.05, 0) is 54.8 Å². The molecule has 0 bridgehead atoms. The number of benzene rings is 2. The number of esters is 1. The number of aliphatic hydroxyl groups is 1. The number of pyridine rings is 1. The van der Waals surface area contributed by atoms with E-state index in [9.17, 15) is 27.5 Å². The number of hydrogen-bond acceptors (Lipinski definition) is 6. The Bertz CT molecular complexity index is 1260. The van der Waals surface area contributed by atoms with E-state index in [4.69, 9.17) is 14.2 Å². The van der Waals surface area contributed by atoms with Crippen LogP contribution in [0.1, 0.15) is 35.4 Å². The molecular formula is C27H27F4NO5. The number of halogens is 4. The number of carbonyl (C=O) groups is 1. The summed E-state index contributed by atoms with van der Waals surface area (Å²) in [5.74, 6) is -1.11. The fourth-order valence-electron chi connectivity index (χ4n) is 3.82. The van der Waals surface area contributed by atoms with Gasteiger partial charge in [0.1, 0.15) is 23.4 Å². The van der Waals surface area contributed by atoms with E-state index in [0.29, 0.717) is 17.5 Å². The van der Waals surface area contributed by atoms with Crippen molar-refractivity contribution in [3.05, 3.63) is 76.7 Å². The van der Waals surface area contributed by atoms with Gasteiger partial charge in [-0.15, -0.1) is 0 Å². The van der Waals surface area contributed by atoms with E-state index in [1.165, 1.54) is 32.4 Å². The van der Waals surface area contributed by atoms with E-state index < -0.39 is 47.8 Å². The Balaban J connectivity index is 2.00. The molecule has 3 aromatic rings. The lowest BCUT2D eigenvalue weighted by Gasteiger charge is -2.23. The first kappa shape index (κ1) is 27.9. The van der Waals surface area contributed by atoms with Crippen LogP contribution in [0.25, 0.3) is 11.3 Å². The zero-order valence-electron chi connectivity index (χ0n) is 20.7. The number of nitrogens with zero attached hydrogens (tertiary/aromatic N) is 1. The number of ether oxygens (including phenoxy) is 3. The number of rotatable bonds is 9. The second-order valence-electron chi connectivity index (χ2n) is 8.50. The standard InChI is InChI=1S/C27H27F4NO5/c1-15-5-6-17(11-16(2)26(34)36-4)12-23(15)37-24(14-33)19-8-10-22(32-25(19)27(29,30)31)20-13-18(35-3)7-9-21(20)28/h5-10,12-13,16,24,33H,11,14H2,1-4H3. The first-order valence-electron chi connectivity index (χ1n) is 11.3. The quantitative estimate of drug-likeness (QED) is 0.288. The molecule has 0 aliphatic carbocycles. The largest absolute Gasteiger partial charge is 0.497 e. The maximum Gasteiger partial charge on any atom is 0.433 e. The van der Waals surface area contributed by atoms with Crippen LogP contribution >= 0.6 is 0 Å². The fourth-order valence-corrected chi connectivity index (χ4v) is 3.82. The van der Waals surface area contributed by atoms with Gasteiger partial charge in [-0.2, -0.15) is 13.2 Å². The fraction of sp³-hybridized carbons (Fsp3) is 0.333. The van der Waals surface area contributed by atoms with E-state index >= 15 is 0 Å². The zero-order valence-corrected chi connectivity index (χ0v) is 20.7. The molecule has 198 valence electrons. The summed E-state index contributed by atoms with van der Waals surface area (Å²) in [6.07, 6.45) is -6.01. The normalized spacial score (nSPS) is 13.1. The summed E-state index contributed by atoms with van der Waals surface area (Å²) in [6.45, 7) is 2.62. The zero-order chi connectivity index (χ0) is 27.3. The summed E-state index contributed by atoms with van der Waals surface area (Å²) in [6, 6.07) is 11.1. The van der Waals surface area contributed by atoms with Crippen molar-refractivity contribution in [2.45, 2.75) is 32.5 Å². The van der Waals surface area contributed by atoms with Crippen LogP contribution in [0.3, 0.4) is 0 Å². The van der Waals surface area contributed by atoms with Crippen molar-refractivity contribution in [1.29, 1.82) is 0 Å². The second kappa shape index (κ2) is 11.6. The molecule has 37 heavy (non-hydrogen) atoms. The molecule has 1 heterocycles. The molecule has 2 aromatic carbocycles. The molecule has 1 aromatic heterocycles. The third kappa shape index (κ3) is 6.56. The molecule has 0 saturated carbocycles. The molecule has 2 atom stereocenters. The SMILES string of the molecule is COC(=O)C(C)Cc1ccc(C)c(OC(CO)c2ccc(-c3cc(OC)ccc3F)nc2C(F)(F)F)c1. The van der Waals surface area contributed by atoms with Crippen LogP contribution in [0.4, 0.5) is 17.6 Å². The van der Waals surface area contributed by atoms with Crippen LogP contribution in [-0.4, -0.2) is 36.9 Å². The molecule has 0 aliphatic heterocycles. The first-order chi connectivity index (χ1) is 17.5. The Labute approximate surface area is 211 Å². The number of hydrogen-bond donors (Lipinski definition) is 1. The summed E-state index contributed by atoms with van der Waals surface area (Å²) in [4.78, 5) is 15.5. The van der Waals surface area contributed by atoms with E-state index in [1.807, 2.05) is 0 Å². The highest BCUT2D eigenvalue weighted by Crippen LogP contribution is 2.38. The van der Waals surface area contributed by atoms with E-state index in [0.717, 1.165) is 12.1 Å². The molecule has 0 amide bonds. The number of aliphatic hydroxyl groups excluding tert-OH is 1. The number of aromatic nitrogens is 1. The molecule has 6 nitrogen and oxygen atoms in total. The Hall–Kier alpha value is -3.66. The average Bonchev–Trinajstić information content (AvgIpc) is 2.87. The van der Waals surface area contributed by atoms with Crippen LogP contribution in [-0.2, 0) is 22.1 Å². The monoisotopic (exact) mass is 521 g/mol. The van der Waals surface area contributed by atoms with Gasteiger partial charge in [-0.1, -0.05) is 25.1 Å². The Morgan fingerprint density at radius 1 is 1.08 bits per heavy atom. The van der Waals surface area contributed by atoms with Crippen LogP contribution in [0.15, 0.2) is 48.5 Å². The molecular weight excluding hydrogens is 494 g/mol. The molecule has 3 rings (SSSR count). The van der Waals surface area contributed by atoms with Crippen molar-refractivity contribution in [3.63, 3.8) is 0 Å². The summed E-state index contributed by atoms with van der Waals surface area (Å²) in [5, 5.41) is 9.98. The molecule has 1 N–H and O–H groups in total. The average molecular weight is 522 g/mol. The minimum Gasteiger partial charge on any atom is -0.497 e. The van der Waals surface area contributed by atoms with Gasteiger partial charge in [0.2, 0.25) is 0 Å². The topological polar surface area (TPSA) is 77.9 Å². The van der Waals surface area contributed by atoms with Crippen molar-refractivity contribution < 1.29 is 41.7 Å². The predicted octanol–water partition coefficient (Wildman–Crippen LogP) is 5.69. The molecule has 0 radical (unpaired) electrons. The minimum absolute atomic E-state index is 0.166. The Morgan fingerprint density at radius 3 is 2.43 bits per heavy atom. The number of methoxy groups -OCH3 is 2. The van der Waals surface area contributed by atoms with Crippen LogP contribution in [0.5, 0.6) is 11.5 Å². The molecule has 0 saturated heterocycles. The molecule has 10 heteroatoms. The van der Waals surface area contributed by atoms with Crippen LogP contribution in [0, 0.1) is 18.7 Å². The number of alkyl halides is 3. The highest BCUT2D eigenvalue weighted by molar-refractivity contribution is 5.72. The summed E-state index contributed by atoms with van der Waals surface area (Å²) in [7, 11) is 2.64. The molecule has 0 spiro atoms. The minimum atomic E-state index is -4.91. The van der Waals surface area contributed by atoms with Gasteiger partial charge in [0.25, 0.3) is 0 Å². The Morgan fingerprint density at radius 2 is 1.81 bits per heavy atom. The van der Waals surface area contributed by atoms with Crippen molar-refractivity contribution in [2.75, 3.05) is 20.8 Å². The lowest BCUT2D eigenvalue weighted by molar-refractivity contribution is -0.145. The highest BCUT2D eigenvalue weighted by atomic mass is 19.4. The van der Waals surface area contributed by atoms with Crippen molar-refractivity contribution in [3.8, 4) is 22.8 Å². The third-order valence-corrected chi connectivity index (χ3v) is 5.82. The molecule has 0 fully saturated rings. The van der Waals surface area contributed by atoms with E-state index in [2.05, 4.69) is 4.98 Å². The third-order valence-electron chi connectivity index (χ3n) is 5.82. The summed E-state index contributed by atoms with van der Waals surface area (Å²) in [5.41, 5.74) is -0.813. The van der Waals surface area contributed by atoms with E-state index in [1.54, 1.807) is 32.0 Å². The highest BCUT2D eigenvalue weighted by Gasteiger charge is 2.38. The van der Waals surface area contributed by atoms with Crippen molar-refractivity contribution >= 4 is 5.97 Å².